The van der Waals surface area contributed by atoms with Crippen molar-refractivity contribution in [2.24, 2.45) is 0 Å². The van der Waals surface area contributed by atoms with E-state index in [9.17, 15) is 4.39 Å². The molecule has 1 N–H and O–H groups in total. The highest BCUT2D eigenvalue weighted by molar-refractivity contribution is 6.31. The molecule has 2 aromatic rings. The van der Waals surface area contributed by atoms with E-state index in [2.05, 4.69) is 5.32 Å². The minimum atomic E-state index is -0.177. The van der Waals surface area contributed by atoms with E-state index in [0.29, 0.717) is 5.56 Å². The van der Waals surface area contributed by atoms with Gasteiger partial charge >= 0.3 is 0 Å². The third-order valence-electron chi connectivity index (χ3n) is 3.33. The van der Waals surface area contributed by atoms with Crippen LogP contribution >= 0.6 is 11.6 Å². The SMILES string of the molecule is CNC(c1ccc(Cl)c(C)c1)c1ccc(C)c(F)c1. The molecule has 3 heteroatoms. The molecule has 0 saturated carbocycles. The van der Waals surface area contributed by atoms with Crippen LogP contribution < -0.4 is 5.32 Å². The van der Waals surface area contributed by atoms with Gasteiger partial charge in [0.15, 0.2) is 0 Å². The van der Waals surface area contributed by atoms with Crippen LogP contribution in [0.3, 0.4) is 0 Å². The first-order chi connectivity index (χ1) is 9.02. The van der Waals surface area contributed by atoms with Crippen molar-refractivity contribution in [1.82, 2.24) is 5.32 Å². The van der Waals surface area contributed by atoms with Crippen LogP contribution in [0.15, 0.2) is 36.4 Å². The first kappa shape index (κ1) is 14.0. The number of benzene rings is 2. The summed E-state index contributed by atoms with van der Waals surface area (Å²) in [6.45, 7) is 3.73. The number of aryl methyl sites for hydroxylation is 2. The Hall–Kier alpha value is -1.38. The van der Waals surface area contributed by atoms with Gasteiger partial charge in [-0.1, -0.05) is 35.9 Å². The smallest absolute Gasteiger partial charge is 0.126 e. The summed E-state index contributed by atoms with van der Waals surface area (Å²) in [4.78, 5) is 0. The maximum atomic E-state index is 13.7. The Labute approximate surface area is 118 Å². The fourth-order valence-electron chi connectivity index (χ4n) is 2.16. The summed E-state index contributed by atoms with van der Waals surface area (Å²) >= 11 is 6.04. The number of rotatable bonds is 3. The van der Waals surface area contributed by atoms with Gasteiger partial charge in [0.25, 0.3) is 0 Å². The predicted octanol–water partition coefficient (Wildman–Crippen LogP) is 4.40. The maximum Gasteiger partial charge on any atom is 0.126 e. The molecule has 0 aliphatic rings. The van der Waals surface area contributed by atoms with Gasteiger partial charge in [-0.15, -0.1) is 0 Å². The van der Waals surface area contributed by atoms with E-state index in [0.717, 1.165) is 21.7 Å². The zero-order chi connectivity index (χ0) is 14.0. The minimum absolute atomic E-state index is 0.0360. The Morgan fingerprint density at radius 3 is 2.21 bits per heavy atom. The molecule has 1 atom stereocenters. The Balaban J connectivity index is 2.43. The lowest BCUT2D eigenvalue weighted by atomic mass is 9.96. The first-order valence-electron chi connectivity index (χ1n) is 6.22. The molecule has 0 spiro atoms. The molecule has 0 bridgehead atoms. The van der Waals surface area contributed by atoms with E-state index in [4.69, 9.17) is 11.6 Å². The van der Waals surface area contributed by atoms with Crippen molar-refractivity contribution in [3.05, 3.63) is 69.5 Å². The number of hydrogen-bond donors (Lipinski definition) is 1. The van der Waals surface area contributed by atoms with Crippen LogP contribution in [-0.2, 0) is 0 Å². The average Bonchev–Trinajstić information content (AvgIpc) is 2.39. The highest BCUT2D eigenvalue weighted by Gasteiger charge is 2.14. The van der Waals surface area contributed by atoms with Crippen molar-refractivity contribution in [3.8, 4) is 0 Å². The van der Waals surface area contributed by atoms with Gasteiger partial charge < -0.3 is 5.32 Å². The lowest BCUT2D eigenvalue weighted by Gasteiger charge is -2.18. The molecule has 19 heavy (non-hydrogen) atoms. The lowest BCUT2D eigenvalue weighted by Crippen LogP contribution is -2.18. The highest BCUT2D eigenvalue weighted by atomic mass is 35.5. The molecule has 0 aliphatic carbocycles. The standard InChI is InChI=1S/C16H17ClFN/c1-10-4-5-13(9-15(10)18)16(19-3)12-6-7-14(17)11(2)8-12/h4-9,16,19H,1-3H3. The van der Waals surface area contributed by atoms with Crippen molar-refractivity contribution in [2.45, 2.75) is 19.9 Å². The molecule has 0 aromatic heterocycles. The zero-order valence-electron chi connectivity index (χ0n) is 11.3. The van der Waals surface area contributed by atoms with Gasteiger partial charge in [-0.3, -0.25) is 0 Å². The van der Waals surface area contributed by atoms with Crippen LogP contribution in [0.1, 0.15) is 28.3 Å². The molecule has 0 heterocycles. The van der Waals surface area contributed by atoms with E-state index in [-0.39, 0.29) is 11.9 Å². The molecule has 2 aromatic carbocycles. The minimum Gasteiger partial charge on any atom is -0.309 e. The number of hydrogen-bond acceptors (Lipinski definition) is 1. The van der Waals surface area contributed by atoms with Crippen LogP contribution in [0.2, 0.25) is 5.02 Å². The van der Waals surface area contributed by atoms with E-state index in [1.165, 1.54) is 0 Å². The normalized spacial score (nSPS) is 12.5. The Bertz CT molecular complexity index is 544. The van der Waals surface area contributed by atoms with Crippen molar-refractivity contribution in [2.75, 3.05) is 7.05 Å². The van der Waals surface area contributed by atoms with Crippen LogP contribution in [0.25, 0.3) is 0 Å². The summed E-state index contributed by atoms with van der Waals surface area (Å²) in [7, 11) is 1.87. The quantitative estimate of drug-likeness (QED) is 0.876. The van der Waals surface area contributed by atoms with Gasteiger partial charge in [0.05, 0.1) is 6.04 Å². The fourth-order valence-corrected chi connectivity index (χ4v) is 2.28. The van der Waals surface area contributed by atoms with Crippen molar-refractivity contribution < 1.29 is 4.39 Å². The second-order valence-corrected chi connectivity index (χ2v) is 5.15. The van der Waals surface area contributed by atoms with Gasteiger partial charge in [0.2, 0.25) is 0 Å². The summed E-state index contributed by atoms with van der Waals surface area (Å²) in [6, 6.07) is 11.2. The molecular formula is C16H17ClFN. The van der Waals surface area contributed by atoms with E-state index in [1.807, 2.05) is 38.2 Å². The highest BCUT2D eigenvalue weighted by Crippen LogP contribution is 2.26. The van der Waals surface area contributed by atoms with Gasteiger partial charge in [0, 0.05) is 5.02 Å². The van der Waals surface area contributed by atoms with Crippen LogP contribution in [0.5, 0.6) is 0 Å². The monoisotopic (exact) mass is 277 g/mol. The molecule has 0 fully saturated rings. The molecule has 0 radical (unpaired) electrons. The summed E-state index contributed by atoms with van der Waals surface area (Å²) in [5.74, 6) is -0.177. The molecule has 2 rings (SSSR count). The maximum absolute atomic E-state index is 13.7. The molecule has 100 valence electrons. The fraction of sp³-hybridized carbons (Fsp3) is 0.250. The second-order valence-electron chi connectivity index (χ2n) is 4.74. The third-order valence-corrected chi connectivity index (χ3v) is 3.76. The van der Waals surface area contributed by atoms with E-state index in [1.54, 1.807) is 19.1 Å². The van der Waals surface area contributed by atoms with Crippen molar-refractivity contribution in [1.29, 1.82) is 0 Å². The van der Waals surface area contributed by atoms with Gasteiger partial charge in [-0.25, -0.2) is 4.39 Å². The molecule has 1 unspecified atom stereocenters. The predicted molar refractivity (Wildman–Crippen MR) is 78.2 cm³/mol. The lowest BCUT2D eigenvalue weighted by molar-refractivity contribution is 0.608. The Kier molecular flexibility index (Phi) is 4.23. The van der Waals surface area contributed by atoms with Gasteiger partial charge in [0.1, 0.15) is 5.82 Å². The first-order valence-corrected chi connectivity index (χ1v) is 6.60. The summed E-state index contributed by atoms with van der Waals surface area (Å²) in [5.41, 5.74) is 3.66. The average molecular weight is 278 g/mol. The Morgan fingerprint density at radius 2 is 1.63 bits per heavy atom. The molecule has 0 amide bonds. The Morgan fingerprint density at radius 1 is 1.00 bits per heavy atom. The summed E-state index contributed by atoms with van der Waals surface area (Å²) in [6.07, 6.45) is 0. The second kappa shape index (κ2) is 5.72. The number of halogens is 2. The molecule has 0 saturated heterocycles. The van der Waals surface area contributed by atoms with Crippen LogP contribution in [0, 0.1) is 19.7 Å². The van der Waals surface area contributed by atoms with Gasteiger partial charge in [-0.2, -0.15) is 0 Å². The largest absolute Gasteiger partial charge is 0.309 e. The molecular weight excluding hydrogens is 261 g/mol. The van der Waals surface area contributed by atoms with Crippen LogP contribution in [-0.4, -0.2) is 7.05 Å². The van der Waals surface area contributed by atoms with Crippen molar-refractivity contribution in [3.63, 3.8) is 0 Å². The third kappa shape index (κ3) is 2.96. The number of nitrogens with one attached hydrogen (secondary N) is 1. The van der Waals surface area contributed by atoms with E-state index >= 15 is 0 Å². The molecule has 1 nitrogen and oxygen atoms in total. The topological polar surface area (TPSA) is 12.0 Å². The molecule has 0 aliphatic heterocycles. The zero-order valence-corrected chi connectivity index (χ0v) is 12.1. The van der Waals surface area contributed by atoms with Gasteiger partial charge in [-0.05, 0) is 55.3 Å². The summed E-state index contributed by atoms with van der Waals surface area (Å²) in [5, 5.41) is 3.96. The van der Waals surface area contributed by atoms with E-state index < -0.39 is 0 Å². The van der Waals surface area contributed by atoms with Crippen molar-refractivity contribution >= 4 is 11.6 Å². The summed E-state index contributed by atoms with van der Waals surface area (Å²) < 4.78 is 13.7. The van der Waals surface area contributed by atoms with Crippen LogP contribution in [0.4, 0.5) is 4.39 Å².